The van der Waals surface area contributed by atoms with E-state index in [4.69, 9.17) is 4.74 Å². The zero-order valence-corrected chi connectivity index (χ0v) is 25.2. The molecule has 2 aliphatic rings. The number of amides is 1. The molecule has 0 aliphatic carbocycles. The zero-order chi connectivity index (χ0) is 29.8. The van der Waals surface area contributed by atoms with Crippen LogP contribution in [0, 0.1) is 18.7 Å². The van der Waals surface area contributed by atoms with E-state index in [-0.39, 0.29) is 17.6 Å². The van der Waals surface area contributed by atoms with Crippen LogP contribution in [0.4, 0.5) is 10.1 Å². The van der Waals surface area contributed by atoms with Gasteiger partial charge in [-0.3, -0.25) is 9.69 Å². The third-order valence-corrected chi connectivity index (χ3v) is 8.04. The van der Waals surface area contributed by atoms with Gasteiger partial charge in [0.1, 0.15) is 17.2 Å². The number of aryl methyl sites for hydroxylation is 1. The van der Waals surface area contributed by atoms with Gasteiger partial charge < -0.3 is 24.8 Å². The fourth-order valence-corrected chi connectivity index (χ4v) is 5.29. The average Bonchev–Trinajstić information content (AvgIpc) is 3.37. The molecule has 3 heterocycles. The first-order valence-corrected chi connectivity index (χ1v) is 14.7. The van der Waals surface area contributed by atoms with Gasteiger partial charge in [0.05, 0.1) is 0 Å². The van der Waals surface area contributed by atoms with Crippen molar-refractivity contribution in [3.05, 3.63) is 83.1 Å². The number of halogens is 1. The molecule has 1 unspecified atom stereocenters. The Bertz CT molecular complexity index is 1520. The van der Waals surface area contributed by atoms with Crippen molar-refractivity contribution < 1.29 is 13.9 Å². The van der Waals surface area contributed by atoms with Crippen LogP contribution < -0.4 is 10.1 Å². The number of nitrogens with zero attached hydrogens (tertiary/aromatic N) is 4. The number of aromatic nitrogens is 1. The molecule has 1 atom stereocenters. The number of hydrogen-bond donors (Lipinski definition) is 2. The summed E-state index contributed by atoms with van der Waals surface area (Å²) in [6.07, 6.45) is 4.24. The summed E-state index contributed by atoms with van der Waals surface area (Å²) in [5, 5.41) is 3.82. The van der Waals surface area contributed by atoms with Crippen LogP contribution in [0.5, 0.6) is 5.75 Å². The van der Waals surface area contributed by atoms with E-state index in [0.29, 0.717) is 41.0 Å². The molecule has 0 bridgehead atoms. The fraction of sp³-hybridized carbons (Fsp3) is 0.394. The van der Waals surface area contributed by atoms with E-state index in [9.17, 15) is 4.79 Å². The van der Waals surface area contributed by atoms with E-state index in [2.05, 4.69) is 44.3 Å². The number of ether oxygens (including phenoxy) is 1. The Morgan fingerprint density at radius 3 is 2.62 bits per heavy atom. The van der Waals surface area contributed by atoms with Crippen LogP contribution in [0.15, 0.2) is 71.1 Å². The average molecular weight is 573 g/mol. The van der Waals surface area contributed by atoms with Crippen LogP contribution in [0.1, 0.15) is 31.5 Å². The molecule has 0 saturated carbocycles. The molecule has 42 heavy (non-hydrogen) atoms. The molecule has 2 N–H and O–H groups in total. The van der Waals surface area contributed by atoms with Crippen LogP contribution in [0.3, 0.4) is 0 Å². The Balaban J connectivity index is 1.48. The van der Waals surface area contributed by atoms with E-state index in [1.54, 1.807) is 36.3 Å². The van der Waals surface area contributed by atoms with Gasteiger partial charge in [-0.05, 0) is 63.2 Å². The highest BCUT2D eigenvalue weighted by molar-refractivity contribution is 6.25. The van der Waals surface area contributed by atoms with Crippen molar-refractivity contribution in [2.75, 3.05) is 52.1 Å². The van der Waals surface area contributed by atoms with Gasteiger partial charge in [-0.15, -0.1) is 0 Å². The molecule has 3 aromatic rings. The minimum absolute atomic E-state index is 0.0740. The molecule has 0 radical (unpaired) electrons. The maximum atomic E-state index is 15.6. The van der Waals surface area contributed by atoms with Gasteiger partial charge in [-0.1, -0.05) is 25.1 Å². The minimum atomic E-state index is -0.466. The predicted molar refractivity (Wildman–Crippen MR) is 167 cm³/mol. The smallest absolute Gasteiger partial charge is 0.260 e. The lowest BCUT2D eigenvalue weighted by molar-refractivity contribution is -0.125. The van der Waals surface area contributed by atoms with Crippen molar-refractivity contribution >= 4 is 28.3 Å². The second-order valence-corrected chi connectivity index (χ2v) is 11.4. The number of hydrogen-bond acceptors (Lipinski definition) is 6. The van der Waals surface area contributed by atoms with Crippen molar-refractivity contribution in [3.63, 3.8) is 0 Å². The number of anilines is 1. The summed E-state index contributed by atoms with van der Waals surface area (Å²) >= 11 is 0. The molecule has 1 aromatic heterocycles. The number of allylic oxidation sites excluding steroid dienone is 2. The summed E-state index contributed by atoms with van der Waals surface area (Å²) in [6, 6.07) is 13.4. The second kappa shape index (κ2) is 12.9. The summed E-state index contributed by atoms with van der Waals surface area (Å²) in [5.41, 5.74) is 3.88. The van der Waals surface area contributed by atoms with Crippen LogP contribution in [0.25, 0.3) is 10.9 Å². The molecule has 2 aromatic carbocycles. The van der Waals surface area contributed by atoms with E-state index < -0.39 is 5.82 Å². The quantitative estimate of drug-likeness (QED) is 0.389. The highest BCUT2D eigenvalue weighted by Crippen LogP contribution is 2.32. The first kappa shape index (κ1) is 29.5. The monoisotopic (exact) mass is 572 g/mol. The molecule has 0 spiro atoms. The molecule has 1 fully saturated rings. The van der Waals surface area contributed by atoms with Gasteiger partial charge in [0.15, 0.2) is 11.6 Å². The summed E-state index contributed by atoms with van der Waals surface area (Å²) < 4.78 is 22.0. The Labute approximate surface area is 247 Å². The lowest BCUT2D eigenvalue weighted by Crippen LogP contribution is -2.43. The standard InChI is InChI=1S/C33H41FN6O2/c1-6-39(5)33(41)29-31(42-28-14-13-27-26(30(28)34)20-23(3)36-27)22(2)8-7-15-35-32(29)37-25-11-9-24(10-12-25)21-40-18-16-38(4)17-19-40/h7,9-15,20,22,36H,6,8,16-19,21H2,1-5H3,(H,35,37)/b15-7+,31-29-. The van der Waals surface area contributed by atoms with Gasteiger partial charge in [0, 0.05) is 80.7 Å². The number of carbonyl (C=O) groups is 1. The number of nitrogens with one attached hydrogen (secondary N) is 2. The number of fused-ring (bicyclic) bond motifs is 1. The predicted octanol–water partition coefficient (Wildman–Crippen LogP) is 5.54. The van der Waals surface area contributed by atoms with E-state index in [1.807, 2.05) is 39.0 Å². The molecular weight excluding hydrogens is 531 g/mol. The highest BCUT2D eigenvalue weighted by atomic mass is 19.1. The molecule has 8 nitrogen and oxygen atoms in total. The van der Waals surface area contributed by atoms with Crippen LogP contribution in [0.2, 0.25) is 0 Å². The number of H-pyrrole nitrogens is 1. The van der Waals surface area contributed by atoms with Crippen LogP contribution >= 0.6 is 0 Å². The Hall–Kier alpha value is -3.95. The second-order valence-electron chi connectivity index (χ2n) is 11.4. The number of piperazine rings is 1. The topological polar surface area (TPSA) is 76.2 Å². The number of aromatic amines is 1. The molecule has 5 rings (SSSR count). The maximum Gasteiger partial charge on any atom is 0.260 e. The third-order valence-electron chi connectivity index (χ3n) is 8.04. The molecule has 2 aliphatic heterocycles. The third kappa shape index (κ3) is 6.58. The summed E-state index contributed by atoms with van der Waals surface area (Å²) in [7, 11) is 3.90. The Morgan fingerprint density at radius 1 is 1.17 bits per heavy atom. The van der Waals surface area contributed by atoms with E-state index in [1.165, 1.54) is 5.56 Å². The number of rotatable bonds is 7. The molecule has 222 valence electrons. The number of benzene rings is 2. The number of amidine groups is 1. The Kier molecular flexibility index (Phi) is 9.09. The first-order valence-electron chi connectivity index (χ1n) is 14.7. The van der Waals surface area contributed by atoms with E-state index >= 15 is 4.39 Å². The van der Waals surface area contributed by atoms with Crippen molar-refractivity contribution in [2.45, 2.75) is 33.7 Å². The largest absolute Gasteiger partial charge is 0.457 e. The van der Waals surface area contributed by atoms with Crippen molar-refractivity contribution in [2.24, 2.45) is 10.9 Å². The molecule has 1 saturated heterocycles. The lowest BCUT2D eigenvalue weighted by atomic mass is 9.98. The minimum Gasteiger partial charge on any atom is -0.457 e. The maximum absolute atomic E-state index is 15.6. The van der Waals surface area contributed by atoms with Gasteiger partial charge in [0.2, 0.25) is 0 Å². The first-order chi connectivity index (χ1) is 20.2. The Morgan fingerprint density at radius 2 is 1.90 bits per heavy atom. The van der Waals surface area contributed by atoms with Crippen molar-refractivity contribution in [1.29, 1.82) is 0 Å². The molecular formula is C33H41FN6O2. The van der Waals surface area contributed by atoms with Gasteiger partial charge >= 0.3 is 0 Å². The van der Waals surface area contributed by atoms with Crippen LogP contribution in [-0.2, 0) is 11.3 Å². The SMILES string of the molecule is CCN(C)C(=O)C1=C(\Oc2ccc3[nH]c(C)cc3c2F)C(C)C/C=C/N=C\1Nc1ccc(CN2CCN(C)CC2)cc1. The zero-order valence-electron chi connectivity index (χ0n) is 25.2. The number of aliphatic imine (C=N–C) groups is 1. The van der Waals surface area contributed by atoms with E-state index in [0.717, 1.165) is 44.1 Å². The fourth-order valence-electron chi connectivity index (χ4n) is 5.29. The van der Waals surface area contributed by atoms with Crippen molar-refractivity contribution in [3.8, 4) is 5.75 Å². The van der Waals surface area contributed by atoms with Gasteiger partial charge in [-0.25, -0.2) is 9.38 Å². The number of carbonyl (C=O) groups excluding carboxylic acids is 1. The molecule has 9 heteroatoms. The van der Waals surface area contributed by atoms with Crippen LogP contribution in [-0.4, -0.2) is 78.2 Å². The van der Waals surface area contributed by atoms with Gasteiger partial charge in [0.25, 0.3) is 5.91 Å². The normalized spacial score (nSPS) is 22.2. The number of likely N-dealkylation sites (N-methyl/N-ethyl adjacent to an activating group) is 2. The van der Waals surface area contributed by atoms with Crippen molar-refractivity contribution in [1.82, 2.24) is 19.7 Å². The molecule has 1 amide bonds. The summed E-state index contributed by atoms with van der Waals surface area (Å²) in [4.78, 5) is 28.1. The van der Waals surface area contributed by atoms with Gasteiger partial charge in [-0.2, -0.15) is 0 Å². The lowest BCUT2D eigenvalue weighted by Gasteiger charge is -2.32. The summed E-state index contributed by atoms with van der Waals surface area (Å²) in [5.74, 6) is -0.0903. The summed E-state index contributed by atoms with van der Waals surface area (Å²) in [6.45, 7) is 11.4. The highest BCUT2D eigenvalue weighted by Gasteiger charge is 2.30.